The molecule has 0 bridgehead atoms. The Morgan fingerprint density at radius 1 is 1.38 bits per heavy atom. The molecule has 0 radical (unpaired) electrons. The van der Waals surface area contributed by atoms with Gasteiger partial charge in [-0.3, -0.25) is 0 Å². The molecule has 1 aromatic carbocycles. The molecule has 0 aliphatic heterocycles. The number of benzene rings is 1. The van der Waals surface area contributed by atoms with Crippen molar-refractivity contribution >= 4 is 17.6 Å². The predicted molar refractivity (Wildman–Crippen MR) is 76.4 cm³/mol. The van der Waals surface area contributed by atoms with Crippen LogP contribution in [0.25, 0.3) is 0 Å². The van der Waals surface area contributed by atoms with E-state index in [1.54, 1.807) is 31.2 Å². The molecular formula is C15H11ClN2O3. The number of nitrogens with zero attached hydrogens (tertiary/aromatic N) is 2. The van der Waals surface area contributed by atoms with Crippen LogP contribution < -0.4 is 4.74 Å². The number of hydrogen-bond donors (Lipinski definition) is 0. The Labute approximate surface area is 126 Å². The molecular weight excluding hydrogens is 292 g/mol. The van der Waals surface area contributed by atoms with Crippen molar-refractivity contribution in [2.75, 3.05) is 6.61 Å². The maximum Gasteiger partial charge on any atom is 0.339 e. The van der Waals surface area contributed by atoms with E-state index in [1.807, 2.05) is 6.07 Å². The van der Waals surface area contributed by atoms with Crippen LogP contribution in [0, 0.1) is 11.3 Å². The molecule has 0 saturated carbocycles. The van der Waals surface area contributed by atoms with Crippen LogP contribution in [0.2, 0.25) is 5.02 Å². The van der Waals surface area contributed by atoms with Gasteiger partial charge in [0.1, 0.15) is 5.75 Å². The normalized spacial score (nSPS) is 9.76. The summed E-state index contributed by atoms with van der Waals surface area (Å²) in [5, 5.41) is 9.07. The van der Waals surface area contributed by atoms with Gasteiger partial charge in [-0.05, 0) is 31.2 Å². The SMILES string of the molecule is CCOC(=O)c1ccc(Oc2ccc(C#N)cc2Cl)nc1. The molecule has 0 aliphatic carbocycles. The van der Waals surface area contributed by atoms with E-state index in [1.165, 1.54) is 12.3 Å². The number of aromatic nitrogens is 1. The molecule has 0 unspecified atom stereocenters. The Bertz CT molecular complexity index is 693. The highest BCUT2D eigenvalue weighted by atomic mass is 35.5. The lowest BCUT2D eigenvalue weighted by molar-refractivity contribution is 0.0526. The van der Waals surface area contributed by atoms with Crippen LogP contribution in [0.3, 0.4) is 0 Å². The van der Waals surface area contributed by atoms with Crippen molar-refractivity contribution in [3.63, 3.8) is 0 Å². The molecule has 0 spiro atoms. The summed E-state index contributed by atoms with van der Waals surface area (Å²) < 4.78 is 10.4. The molecule has 0 saturated heterocycles. The summed E-state index contributed by atoms with van der Waals surface area (Å²) in [5.41, 5.74) is 0.785. The van der Waals surface area contributed by atoms with Crippen LogP contribution in [0.15, 0.2) is 36.5 Å². The zero-order chi connectivity index (χ0) is 15.2. The van der Waals surface area contributed by atoms with Gasteiger partial charge < -0.3 is 9.47 Å². The molecule has 5 nitrogen and oxygen atoms in total. The Morgan fingerprint density at radius 3 is 2.76 bits per heavy atom. The fourth-order valence-electron chi connectivity index (χ4n) is 1.54. The highest BCUT2D eigenvalue weighted by molar-refractivity contribution is 6.32. The zero-order valence-corrected chi connectivity index (χ0v) is 11.9. The molecule has 106 valence electrons. The molecule has 1 heterocycles. The topological polar surface area (TPSA) is 72.2 Å². The van der Waals surface area contributed by atoms with Crippen LogP contribution in [0.1, 0.15) is 22.8 Å². The first-order valence-corrected chi connectivity index (χ1v) is 6.52. The van der Waals surface area contributed by atoms with Gasteiger partial charge in [0.2, 0.25) is 5.88 Å². The maximum absolute atomic E-state index is 11.5. The summed E-state index contributed by atoms with van der Waals surface area (Å²) in [4.78, 5) is 15.5. The number of ether oxygens (including phenoxy) is 2. The predicted octanol–water partition coefficient (Wildman–Crippen LogP) is 3.58. The third-order valence-corrected chi connectivity index (χ3v) is 2.82. The third-order valence-electron chi connectivity index (χ3n) is 2.52. The highest BCUT2D eigenvalue weighted by Gasteiger charge is 2.09. The monoisotopic (exact) mass is 302 g/mol. The third kappa shape index (κ3) is 3.71. The zero-order valence-electron chi connectivity index (χ0n) is 11.2. The minimum atomic E-state index is -0.437. The lowest BCUT2D eigenvalue weighted by Crippen LogP contribution is -2.04. The molecule has 1 aromatic heterocycles. The average Bonchev–Trinajstić information content (AvgIpc) is 2.50. The standard InChI is InChI=1S/C15H11ClN2O3/c1-2-20-15(19)11-4-6-14(18-9-11)21-13-5-3-10(8-17)7-12(13)16/h3-7,9H,2H2,1H3. The van der Waals surface area contributed by atoms with E-state index >= 15 is 0 Å². The number of pyridine rings is 1. The van der Waals surface area contributed by atoms with Crippen molar-refractivity contribution in [2.45, 2.75) is 6.92 Å². The van der Waals surface area contributed by atoms with Crippen molar-refractivity contribution in [3.8, 4) is 17.7 Å². The van der Waals surface area contributed by atoms with Crippen LogP contribution in [0.5, 0.6) is 11.6 Å². The van der Waals surface area contributed by atoms with E-state index in [0.717, 1.165) is 0 Å². The molecule has 0 aliphatic rings. The molecule has 0 fully saturated rings. The Morgan fingerprint density at radius 2 is 2.19 bits per heavy atom. The molecule has 0 atom stereocenters. The van der Waals surface area contributed by atoms with Gasteiger partial charge >= 0.3 is 5.97 Å². The van der Waals surface area contributed by atoms with Gasteiger partial charge in [-0.1, -0.05) is 11.6 Å². The smallest absolute Gasteiger partial charge is 0.339 e. The van der Waals surface area contributed by atoms with Gasteiger partial charge in [-0.15, -0.1) is 0 Å². The maximum atomic E-state index is 11.5. The number of rotatable bonds is 4. The molecule has 6 heteroatoms. The van der Waals surface area contributed by atoms with Gasteiger partial charge in [0.15, 0.2) is 0 Å². The second-order valence-electron chi connectivity index (χ2n) is 3.96. The van der Waals surface area contributed by atoms with Gasteiger partial charge in [0.05, 0.1) is 28.8 Å². The summed E-state index contributed by atoms with van der Waals surface area (Å²) in [7, 11) is 0. The summed E-state index contributed by atoms with van der Waals surface area (Å²) in [5.74, 6) is 0.231. The first-order valence-electron chi connectivity index (χ1n) is 6.14. The first kappa shape index (κ1) is 14.8. The van der Waals surface area contributed by atoms with E-state index in [-0.39, 0.29) is 5.88 Å². The quantitative estimate of drug-likeness (QED) is 0.807. The lowest BCUT2D eigenvalue weighted by Gasteiger charge is -2.07. The largest absolute Gasteiger partial charge is 0.462 e. The lowest BCUT2D eigenvalue weighted by atomic mass is 10.2. The molecule has 0 N–H and O–H groups in total. The minimum absolute atomic E-state index is 0.287. The van der Waals surface area contributed by atoms with Crippen LogP contribution in [0.4, 0.5) is 0 Å². The first-order chi connectivity index (χ1) is 10.1. The number of hydrogen-bond acceptors (Lipinski definition) is 5. The summed E-state index contributed by atoms with van der Waals surface area (Å²) >= 11 is 6.00. The summed E-state index contributed by atoms with van der Waals surface area (Å²) in [6.45, 7) is 2.04. The minimum Gasteiger partial charge on any atom is -0.462 e. The van der Waals surface area contributed by atoms with Crippen molar-refractivity contribution < 1.29 is 14.3 Å². The van der Waals surface area contributed by atoms with Gasteiger partial charge in [0, 0.05) is 12.3 Å². The average molecular weight is 303 g/mol. The number of nitriles is 1. The number of carbonyl (C=O) groups excluding carboxylic acids is 1. The van der Waals surface area contributed by atoms with Crippen LogP contribution in [-0.4, -0.2) is 17.6 Å². The van der Waals surface area contributed by atoms with E-state index in [0.29, 0.717) is 28.5 Å². The second kappa shape index (κ2) is 6.73. The van der Waals surface area contributed by atoms with E-state index < -0.39 is 5.97 Å². The van der Waals surface area contributed by atoms with Crippen molar-refractivity contribution in [3.05, 3.63) is 52.7 Å². The molecule has 0 amide bonds. The summed E-state index contributed by atoms with van der Waals surface area (Å²) in [6.07, 6.45) is 1.37. The molecule has 2 rings (SSSR count). The van der Waals surface area contributed by atoms with Crippen molar-refractivity contribution in [2.24, 2.45) is 0 Å². The van der Waals surface area contributed by atoms with Crippen molar-refractivity contribution in [1.29, 1.82) is 5.26 Å². The van der Waals surface area contributed by atoms with Crippen LogP contribution >= 0.6 is 11.6 Å². The summed E-state index contributed by atoms with van der Waals surface area (Å²) in [6, 6.07) is 9.76. The fraction of sp³-hybridized carbons (Fsp3) is 0.133. The fourth-order valence-corrected chi connectivity index (χ4v) is 1.76. The second-order valence-corrected chi connectivity index (χ2v) is 4.37. The number of carbonyl (C=O) groups is 1. The highest BCUT2D eigenvalue weighted by Crippen LogP contribution is 2.29. The van der Waals surface area contributed by atoms with Crippen molar-refractivity contribution in [1.82, 2.24) is 4.98 Å². The van der Waals surface area contributed by atoms with E-state index in [4.69, 9.17) is 26.3 Å². The van der Waals surface area contributed by atoms with Crippen LogP contribution in [-0.2, 0) is 4.74 Å². The van der Waals surface area contributed by atoms with E-state index in [2.05, 4.69) is 4.98 Å². The van der Waals surface area contributed by atoms with Gasteiger partial charge in [0.25, 0.3) is 0 Å². The van der Waals surface area contributed by atoms with E-state index in [9.17, 15) is 4.79 Å². The Balaban J connectivity index is 2.14. The van der Waals surface area contributed by atoms with Gasteiger partial charge in [-0.2, -0.15) is 5.26 Å². The Kier molecular flexibility index (Phi) is 4.75. The number of esters is 1. The molecule has 21 heavy (non-hydrogen) atoms. The number of halogens is 1. The molecule has 2 aromatic rings. The Hall–Kier alpha value is -2.58. The van der Waals surface area contributed by atoms with Gasteiger partial charge in [-0.25, -0.2) is 9.78 Å².